The molecule has 0 unspecified atom stereocenters. The summed E-state index contributed by atoms with van der Waals surface area (Å²) < 4.78 is 4.79. The summed E-state index contributed by atoms with van der Waals surface area (Å²) in [5.74, 6) is -11.3. The van der Waals surface area contributed by atoms with Gasteiger partial charge in [0.1, 0.15) is 43.4 Å². The number of hydrogen-bond donors (Lipinski definition) is 8. The number of nitrogens with one attached hydrogen (secondary N) is 6. The van der Waals surface area contributed by atoms with Gasteiger partial charge in [0.2, 0.25) is 41.2 Å². The van der Waals surface area contributed by atoms with Crippen LogP contribution in [0.2, 0.25) is 0 Å². The lowest BCUT2D eigenvalue weighted by molar-refractivity contribution is -0.146. The van der Waals surface area contributed by atoms with Gasteiger partial charge in [-0.25, -0.2) is 0 Å². The van der Waals surface area contributed by atoms with Crippen LogP contribution in [0.3, 0.4) is 0 Å². The van der Waals surface area contributed by atoms with E-state index in [0.717, 1.165) is 6.92 Å². The molecular weight excluding hydrogens is 790 g/mol. The number of unbranched alkanes of at least 4 members (excludes halogenated alkanes) is 1. The summed E-state index contributed by atoms with van der Waals surface area (Å²) in [7, 11) is 0. The van der Waals surface area contributed by atoms with Crippen LogP contribution in [0.4, 0.5) is 0 Å². The third-order valence-corrected chi connectivity index (χ3v) is 9.40. The van der Waals surface area contributed by atoms with E-state index < -0.39 is 139 Å². The molecule has 0 spiro atoms. The molecule has 1 rings (SSSR count). The molecule has 1 saturated heterocycles. The van der Waals surface area contributed by atoms with Crippen molar-refractivity contribution in [2.75, 3.05) is 19.7 Å². The molecule has 21 nitrogen and oxygen atoms in total. The van der Waals surface area contributed by atoms with E-state index in [1.807, 2.05) is 6.92 Å². The number of ether oxygens (including phenoxy) is 1. The first-order valence-electron chi connectivity index (χ1n) is 20.0. The maximum absolute atomic E-state index is 14.1. The van der Waals surface area contributed by atoms with Crippen molar-refractivity contribution in [3.63, 3.8) is 0 Å². The summed E-state index contributed by atoms with van der Waals surface area (Å²) >= 11 is 0. The average molecular weight is 852 g/mol. The molecule has 1 aliphatic heterocycles. The third kappa shape index (κ3) is 17.9. The van der Waals surface area contributed by atoms with E-state index in [9.17, 15) is 57.8 Å². The van der Waals surface area contributed by atoms with Crippen LogP contribution in [0.1, 0.15) is 99.3 Å². The highest BCUT2D eigenvalue weighted by molar-refractivity contribution is 6.38. The first-order valence-corrected chi connectivity index (χ1v) is 20.0. The van der Waals surface area contributed by atoms with Crippen LogP contribution in [0, 0.1) is 11.8 Å². The van der Waals surface area contributed by atoms with Gasteiger partial charge in [0.25, 0.3) is 5.91 Å². The van der Waals surface area contributed by atoms with E-state index in [0.29, 0.717) is 19.3 Å². The number of carbonyl (C=O) groups excluding carboxylic acids is 9. The number of rotatable bonds is 27. The van der Waals surface area contributed by atoms with Gasteiger partial charge in [0.15, 0.2) is 0 Å². The van der Waals surface area contributed by atoms with Gasteiger partial charge in [0.05, 0.1) is 6.04 Å². The molecule has 8 N–H and O–H groups in total. The Hall–Kier alpha value is -5.89. The van der Waals surface area contributed by atoms with Crippen LogP contribution < -0.4 is 31.9 Å². The van der Waals surface area contributed by atoms with E-state index >= 15 is 0 Å². The predicted octanol–water partition coefficient (Wildman–Crippen LogP) is -0.932. The molecule has 0 aliphatic carbocycles. The van der Waals surface area contributed by atoms with Crippen LogP contribution in [0.25, 0.3) is 0 Å². The van der Waals surface area contributed by atoms with Gasteiger partial charge in [-0.05, 0) is 43.9 Å². The van der Waals surface area contributed by atoms with E-state index in [4.69, 9.17) is 9.84 Å². The zero-order chi connectivity index (χ0) is 45.7. The number of hydrogen-bond acceptors (Lipinski definition) is 12. The highest BCUT2D eigenvalue weighted by Crippen LogP contribution is 2.21. The fourth-order valence-electron chi connectivity index (χ4n) is 6.16. The number of aliphatic carboxylic acids is 2. The molecule has 0 saturated carbocycles. The highest BCUT2D eigenvalue weighted by Gasteiger charge is 2.41. The molecule has 0 aromatic rings. The van der Waals surface area contributed by atoms with Crippen molar-refractivity contribution in [2.45, 2.75) is 136 Å². The lowest BCUT2D eigenvalue weighted by atomic mass is 9.98. The van der Waals surface area contributed by atoms with Crippen molar-refractivity contribution >= 4 is 65.0 Å². The van der Waals surface area contributed by atoms with Crippen LogP contribution in [-0.4, -0.2) is 136 Å². The van der Waals surface area contributed by atoms with Gasteiger partial charge >= 0.3 is 17.9 Å². The Bertz CT molecular complexity index is 1600. The molecule has 6 atom stereocenters. The molecule has 1 fully saturated rings. The molecule has 7 amide bonds. The van der Waals surface area contributed by atoms with Crippen molar-refractivity contribution in [3.8, 4) is 0 Å². The Morgan fingerprint density at radius 2 is 1.30 bits per heavy atom. The maximum atomic E-state index is 14.1. The molecular formula is C39H61N7O14. The summed E-state index contributed by atoms with van der Waals surface area (Å²) in [5, 5.41) is 33.0. The van der Waals surface area contributed by atoms with Gasteiger partial charge in [-0.15, -0.1) is 0 Å². The molecule has 21 heteroatoms. The number of carboxylic acid groups (broad SMARTS) is 2. The standard InChI is InChI=1S/C39H61N7O14/c1-8-10-12-24(33(53)38(58)40-20-30(52)60-19-9-2)42-36(56)27-13-11-18-46(27)39(59)32(22(5)6)45-37(57)31(21(3)4)44-35(55)26(15-17-29(50)51)43-34(54)25(41-23(7)47)14-16-28(48)49/h9,21-22,24-27,31-32H,2,8,10-20H2,1,3-7H3,(H,40,58)(H,41,47)(H,42,56)(H,43,54)(H,44,55)(H,45,57)(H,48,49)(H,50,51)/t24-,25-,26-,27-,31-,32-/m0/s1. The summed E-state index contributed by atoms with van der Waals surface area (Å²) in [6, 6.07) is -7.78. The fraction of sp³-hybridized carbons (Fsp3) is 0.667. The van der Waals surface area contributed by atoms with Crippen LogP contribution in [0.5, 0.6) is 0 Å². The van der Waals surface area contributed by atoms with Gasteiger partial charge in [0, 0.05) is 26.3 Å². The van der Waals surface area contributed by atoms with E-state index in [-0.39, 0.29) is 32.4 Å². The van der Waals surface area contributed by atoms with Crippen molar-refractivity contribution in [1.29, 1.82) is 0 Å². The number of amides is 7. The zero-order valence-electron chi connectivity index (χ0n) is 35.1. The second kappa shape index (κ2) is 26.3. The zero-order valence-corrected chi connectivity index (χ0v) is 35.1. The normalized spacial score (nSPS) is 15.9. The van der Waals surface area contributed by atoms with Crippen LogP contribution in [0.15, 0.2) is 12.7 Å². The lowest BCUT2D eigenvalue weighted by Gasteiger charge is -2.33. The van der Waals surface area contributed by atoms with Gasteiger partial charge < -0.3 is 51.8 Å². The molecule has 0 aromatic heterocycles. The molecule has 0 radical (unpaired) electrons. The van der Waals surface area contributed by atoms with Crippen molar-refractivity contribution in [2.24, 2.45) is 11.8 Å². The Morgan fingerprint density at radius 3 is 1.82 bits per heavy atom. The minimum Gasteiger partial charge on any atom is -0.481 e. The lowest BCUT2D eigenvalue weighted by Crippen LogP contribution is -2.61. The Morgan fingerprint density at radius 1 is 0.750 bits per heavy atom. The fourth-order valence-corrected chi connectivity index (χ4v) is 6.16. The smallest absolute Gasteiger partial charge is 0.325 e. The Labute approximate surface area is 348 Å². The summed E-state index contributed by atoms with van der Waals surface area (Å²) in [4.78, 5) is 141. The summed E-state index contributed by atoms with van der Waals surface area (Å²) in [6.45, 7) is 12.3. The minimum absolute atomic E-state index is 0.0918. The van der Waals surface area contributed by atoms with Crippen molar-refractivity contribution < 1.29 is 67.7 Å². The largest absolute Gasteiger partial charge is 0.481 e. The van der Waals surface area contributed by atoms with Gasteiger partial charge in [-0.3, -0.25) is 52.7 Å². The SMILES string of the molecule is C=CCOC(=O)CNC(=O)C(=O)[C@H](CCCC)NC(=O)[C@@H]1CCCN1C(=O)[C@@H](NC(=O)[C@@H](NC(=O)[C@H](CCC(=O)O)NC(=O)[C@H](CCC(=O)O)NC(C)=O)C(C)C)C(C)C. The number of Topliss-reactive ketones (excluding diaryl/α,β-unsaturated/α-hetero) is 1. The predicted molar refractivity (Wildman–Crippen MR) is 212 cm³/mol. The van der Waals surface area contributed by atoms with Crippen molar-refractivity contribution in [3.05, 3.63) is 12.7 Å². The molecule has 1 heterocycles. The Balaban J connectivity index is 3.22. The second-order valence-electron chi connectivity index (χ2n) is 15.1. The number of carboxylic acids is 2. The summed E-state index contributed by atoms with van der Waals surface area (Å²) in [5.41, 5.74) is 0. The van der Waals surface area contributed by atoms with Gasteiger partial charge in [-0.1, -0.05) is 60.1 Å². The molecule has 1 aliphatic rings. The molecule has 0 bridgehead atoms. The average Bonchev–Trinajstić information content (AvgIpc) is 3.68. The number of esters is 1. The molecule has 0 aromatic carbocycles. The number of ketones is 1. The highest BCUT2D eigenvalue weighted by atomic mass is 16.5. The number of nitrogens with zero attached hydrogens (tertiary/aromatic N) is 1. The Kier molecular flexibility index (Phi) is 22.8. The minimum atomic E-state index is -1.53. The van der Waals surface area contributed by atoms with Gasteiger partial charge in [-0.2, -0.15) is 0 Å². The van der Waals surface area contributed by atoms with E-state index in [2.05, 4.69) is 38.5 Å². The second-order valence-corrected chi connectivity index (χ2v) is 15.1. The number of likely N-dealkylation sites (tertiary alicyclic amines) is 1. The molecule has 336 valence electrons. The summed E-state index contributed by atoms with van der Waals surface area (Å²) in [6.07, 6.45) is 1.27. The maximum Gasteiger partial charge on any atom is 0.325 e. The monoisotopic (exact) mass is 851 g/mol. The van der Waals surface area contributed by atoms with Crippen LogP contribution in [-0.2, 0) is 57.5 Å². The third-order valence-electron chi connectivity index (χ3n) is 9.40. The van der Waals surface area contributed by atoms with Crippen LogP contribution >= 0.6 is 0 Å². The first kappa shape index (κ1) is 52.1. The topological polar surface area (TPSA) is 313 Å². The van der Waals surface area contributed by atoms with E-state index in [1.54, 1.807) is 27.7 Å². The quantitative estimate of drug-likeness (QED) is 0.0281. The van der Waals surface area contributed by atoms with E-state index in [1.165, 1.54) is 11.0 Å². The first-order chi connectivity index (χ1) is 28.1. The number of carbonyl (C=O) groups is 11. The van der Waals surface area contributed by atoms with Crippen molar-refractivity contribution in [1.82, 2.24) is 36.8 Å². The molecule has 60 heavy (non-hydrogen) atoms.